The number of carbonyl (C=O) groups excluding carboxylic acids is 2. The number of nitrogens with one attached hydrogen (secondary N) is 1. The summed E-state index contributed by atoms with van der Waals surface area (Å²) in [6, 6.07) is 14.9. The number of rotatable bonds is 6. The first-order valence-electron chi connectivity index (χ1n) is 11.0. The summed E-state index contributed by atoms with van der Waals surface area (Å²) in [6.45, 7) is 2.12. The zero-order valence-electron chi connectivity index (χ0n) is 18.3. The highest BCUT2D eigenvalue weighted by molar-refractivity contribution is 7.12. The Hall–Kier alpha value is -3.52. The van der Waals surface area contributed by atoms with Gasteiger partial charge in [-0.05, 0) is 56.0 Å². The first kappa shape index (κ1) is 21.3. The molecule has 0 unspecified atom stereocenters. The molecule has 0 radical (unpaired) electrons. The first-order chi connectivity index (χ1) is 16.0. The second kappa shape index (κ2) is 8.44. The van der Waals surface area contributed by atoms with E-state index >= 15 is 0 Å². The number of aryl methyl sites for hydroxylation is 1. The van der Waals surface area contributed by atoms with Gasteiger partial charge in [0.05, 0.1) is 22.9 Å². The normalized spacial score (nSPS) is 15.8. The van der Waals surface area contributed by atoms with Crippen molar-refractivity contribution in [1.29, 1.82) is 0 Å². The molecule has 1 aromatic heterocycles. The van der Waals surface area contributed by atoms with Crippen molar-refractivity contribution in [2.75, 3.05) is 17.7 Å². The molecule has 5 rings (SSSR count). The zero-order chi connectivity index (χ0) is 23.0. The predicted octanol–water partition coefficient (Wildman–Crippen LogP) is 4.64. The largest absolute Gasteiger partial charge is 0.462 e. The van der Waals surface area contributed by atoms with Crippen LogP contribution in [0.15, 0.2) is 53.5 Å². The molecule has 3 aromatic rings. The van der Waals surface area contributed by atoms with Gasteiger partial charge in [0.2, 0.25) is 0 Å². The number of nitrogens with two attached hydrogens (primary N) is 1. The van der Waals surface area contributed by atoms with Crippen molar-refractivity contribution >= 4 is 46.1 Å². The Morgan fingerprint density at radius 2 is 1.88 bits per heavy atom. The van der Waals surface area contributed by atoms with E-state index in [9.17, 15) is 9.59 Å². The summed E-state index contributed by atoms with van der Waals surface area (Å²) >= 11 is 1.68. The van der Waals surface area contributed by atoms with Crippen LogP contribution in [-0.2, 0) is 21.4 Å². The van der Waals surface area contributed by atoms with Crippen LogP contribution in [0.3, 0.4) is 0 Å². The molecule has 0 saturated heterocycles. The lowest BCUT2D eigenvalue weighted by atomic mass is 9.95. The molecule has 8 heteroatoms. The van der Waals surface area contributed by atoms with Gasteiger partial charge in [-0.15, -0.1) is 11.3 Å². The third-order valence-corrected chi connectivity index (χ3v) is 7.39. The van der Waals surface area contributed by atoms with Gasteiger partial charge in [0, 0.05) is 17.4 Å². The summed E-state index contributed by atoms with van der Waals surface area (Å²) in [4.78, 5) is 35.1. The fraction of sp³-hybridized carbons (Fsp3) is 0.280. The summed E-state index contributed by atoms with van der Waals surface area (Å²) in [7, 11) is 0. The van der Waals surface area contributed by atoms with Gasteiger partial charge in [0.1, 0.15) is 10.7 Å². The highest BCUT2D eigenvalue weighted by atomic mass is 32.1. The molecule has 2 aliphatic rings. The van der Waals surface area contributed by atoms with Crippen LogP contribution in [0.5, 0.6) is 0 Å². The molecule has 3 N–H and O–H groups in total. The lowest BCUT2D eigenvalue weighted by Crippen LogP contribution is -2.19. The van der Waals surface area contributed by atoms with E-state index in [1.807, 2.05) is 36.4 Å². The minimum Gasteiger partial charge on any atom is -0.462 e. The van der Waals surface area contributed by atoms with E-state index in [4.69, 9.17) is 15.5 Å². The van der Waals surface area contributed by atoms with Crippen LogP contribution in [-0.4, -0.2) is 29.2 Å². The van der Waals surface area contributed by atoms with Crippen LogP contribution < -0.4 is 11.1 Å². The first-order valence-corrected chi connectivity index (χ1v) is 11.8. The van der Waals surface area contributed by atoms with Gasteiger partial charge in [-0.25, -0.2) is 14.8 Å². The molecule has 1 aliphatic heterocycles. The van der Waals surface area contributed by atoms with E-state index in [1.165, 1.54) is 0 Å². The molecule has 1 saturated carbocycles. The zero-order valence-corrected chi connectivity index (χ0v) is 19.1. The Morgan fingerprint density at radius 1 is 1.12 bits per heavy atom. The van der Waals surface area contributed by atoms with Crippen molar-refractivity contribution in [3.05, 3.63) is 69.5 Å². The SMILES string of the molecule is CCOC(=O)C1=Nc2nc(C3(c4ccc(C(=O)Nc5ccccc5N)cc4)CC3)sc2CC1. The van der Waals surface area contributed by atoms with E-state index in [0.717, 1.165) is 34.7 Å². The number of amides is 1. The van der Waals surface area contributed by atoms with Crippen LogP contribution >= 0.6 is 11.3 Å². The van der Waals surface area contributed by atoms with E-state index in [2.05, 4.69) is 10.3 Å². The Kier molecular flexibility index (Phi) is 5.46. The van der Waals surface area contributed by atoms with E-state index in [1.54, 1.807) is 30.4 Å². The summed E-state index contributed by atoms with van der Waals surface area (Å²) in [5.74, 6) is 0.0897. The molecule has 0 bridgehead atoms. The van der Waals surface area contributed by atoms with Gasteiger partial charge in [0.25, 0.3) is 5.91 Å². The molecule has 2 heterocycles. The molecule has 33 heavy (non-hydrogen) atoms. The van der Waals surface area contributed by atoms with Crippen LogP contribution in [0.4, 0.5) is 17.2 Å². The second-order valence-electron chi connectivity index (χ2n) is 8.25. The number of hydrogen-bond donors (Lipinski definition) is 2. The molecule has 1 aliphatic carbocycles. The van der Waals surface area contributed by atoms with Crippen molar-refractivity contribution in [1.82, 2.24) is 4.98 Å². The maximum absolute atomic E-state index is 12.6. The average molecular weight is 461 g/mol. The number of aromatic nitrogens is 1. The number of thiazole rings is 1. The molecule has 1 amide bonds. The lowest BCUT2D eigenvalue weighted by Gasteiger charge is -2.13. The number of carbonyl (C=O) groups is 2. The monoisotopic (exact) mass is 460 g/mol. The minimum absolute atomic E-state index is 0.138. The summed E-state index contributed by atoms with van der Waals surface area (Å²) in [6.07, 6.45) is 3.33. The molecule has 1 fully saturated rings. The number of esters is 1. The summed E-state index contributed by atoms with van der Waals surface area (Å²) in [5, 5.41) is 3.88. The van der Waals surface area contributed by atoms with Crippen molar-refractivity contribution in [2.24, 2.45) is 4.99 Å². The highest BCUT2D eigenvalue weighted by Crippen LogP contribution is 2.55. The lowest BCUT2D eigenvalue weighted by molar-refractivity contribution is -0.135. The Labute approximate surface area is 195 Å². The molecular formula is C25H24N4O3S. The number of nitrogens with zero attached hydrogens (tertiary/aromatic N) is 2. The Balaban J connectivity index is 1.35. The molecule has 0 spiro atoms. The van der Waals surface area contributed by atoms with Crippen LogP contribution in [0.25, 0.3) is 0 Å². The van der Waals surface area contributed by atoms with Gasteiger partial charge in [-0.2, -0.15) is 0 Å². The number of nitrogen functional groups attached to an aromatic ring is 1. The number of ether oxygens (including phenoxy) is 1. The Bertz CT molecular complexity index is 1260. The van der Waals surface area contributed by atoms with Gasteiger partial charge in [-0.3, -0.25) is 4.79 Å². The molecule has 7 nitrogen and oxygen atoms in total. The maximum Gasteiger partial charge on any atom is 0.352 e. The molecule has 0 atom stereocenters. The second-order valence-corrected chi connectivity index (χ2v) is 9.33. The van der Waals surface area contributed by atoms with Crippen LogP contribution in [0, 0.1) is 0 Å². The number of hydrogen-bond acceptors (Lipinski definition) is 7. The third-order valence-electron chi connectivity index (χ3n) is 6.09. The summed E-state index contributed by atoms with van der Waals surface area (Å²) < 4.78 is 5.09. The number of benzene rings is 2. The number of aliphatic imine (C=N–C) groups is 1. The fourth-order valence-electron chi connectivity index (χ4n) is 4.07. The smallest absolute Gasteiger partial charge is 0.352 e. The van der Waals surface area contributed by atoms with E-state index in [0.29, 0.717) is 41.5 Å². The standard InChI is InChI=1S/C25H24N4O3S/c1-2-32-23(31)19-11-12-20-21(27-19)29-24(33-20)25(13-14-25)16-9-7-15(8-10-16)22(30)28-18-6-4-3-5-17(18)26/h3-10H,2,11-14,26H2,1H3,(H,28,30). The predicted molar refractivity (Wildman–Crippen MR) is 129 cm³/mol. The van der Waals surface area contributed by atoms with E-state index in [-0.39, 0.29) is 17.3 Å². The highest BCUT2D eigenvalue weighted by Gasteiger charge is 2.49. The Morgan fingerprint density at radius 3 is 2.58 bits per heavy atom. The quantitative estimate of drug-likeness (QED) is 0.412. The van der Waals surface area contributed by atoms with Crippen molar-refractivity contribution in [3.8, 4) is 0 Å². The molecular weight excluding hydrogens is 436 g/mol. The fourth-order valence-corrected chi connectivity index (χ4v) is 5.34. The third kappa shape index (κ3) is 4.02. The maximum atomic E-state index is 12.6. The average Bonchev–Trinajstić information content (AvgIpc) is 3.53. The minimum atomic E-state index is -0.357. The van der Waals surface area contributed by atoms with Crippen LogP contribution in [0.2, 0.25) is 0 Å². The van der Waals surface area contributed by atoms with Gasteiger partial charge >= 0.3 is 5.97 Å². The van der Waals surface area contributed by atoms with Gasteiger partial charge < -0.3 is 15.8 Å². The topological polar surface area (TPSA) is 107 Å². The van der Waals surface area contributed by atoms with Crippen LogP contribution in [0.1, 0.15) is 52.0 Å². The van der Waals surface area contributed by atoms with Gasteiger partial charge in [0.15, 0.2) is 5.82 Å². The van der Waals surface area contributed by atoms with Crippen molar-refractivity contribution in [2.45, 2.75) is 38.0 Å². The summed E-state index contributed by atoms with van der Waals surface area (Å²) in [5.41, 5.74) is 9.07. The number of fused-ring (bicyclic) bond motifs is 1. The number of para-hydroxylation sites is 2. The van der Waals surface area contributed by atoms with E-state index < -0.39 is 0 Å². The van der Waals surface area contributed by atoms with Crippen molar-refractivity contribution in [3.63, 3.8) is 0 Å². The van der Waals surface area contributed by atoms with Gasteiger partial charge in [-0.1, -0.05) is 24.3 Å². The molecule has 2 aromatic carbocycles. The van der Waals surface area contributed by atoms with Crippen molar-refractivity contribution < 1.29 is 14.3 Å². The molecule has 168 valence electrons. The number of anilines is 2.